The van der Waals surface area contributed by atoms with Crippen LogP contribution >= 0.6 is 0 Å². The summed E-state index contributed by atoms with van der Waals surface area (Å²) < 4.78 is 38.7. The molecule has 30 heavy (non-hydrogen) atoms. The first-order valence-electron chi connectivity index (χ1n) is 9.94. The molecule has 6 nitrogen and oxygen atoms in total. The number of rotatable bonds is 8. The maximum absolute atomic E-state index is 13.9. The number of benzene rings is 1. The van der Waals surface area contributed by atoms with Crippen LogP contribution in [0.4, 0.5) is 14.6 Å². The average Bonchev–Trinajstić information content (AvgIpc) is 2.74. The fraction of sp³-hybridized carbons (Fsp3) is 0.455. The van der Waals surface area contributed by atoms with Gasteiger partial charge in [-0.25, -0.2) is 8.78 Å². The Morgan fingerprint density at radius 1 is 1.33 bits per heavy atom. The summed E-state index contributed by atoms with van der Waals surface area (Å²) in [7, 11) is 2.04. The van der Waals surface area contributed by atoms with Crippen LogP contribution in [-0.2, 0) is 4.74 Å². The lowest BCUT2D eigenvalue weighted by atomic mass is 10.0. The summed E-state index contributed by atoms with van der Waals surface area (Å²) >= 11 is 0. The molecule has 0 spiro atoms. The van der Waals surface area contributed by atoms with Gasteiger partial charge in [-0.2, -0.15) is 0 Å². The molecule has 1 aliphatic heterocycles. The Balaban J connectivity index is 1.92. The number of likely N-dealkylation sites (tertiary alicyclic amines) is 1. The van der Waals surface area contributed by atoms with Gasteiger partial charge < -0.3 is 19.7 Å². The second-order valence-electron chi connectivity index (χ2n) is 7.19. The van der Waals surface area contributed by atoms with Gasteiger partial charge >= 0.3 is 0 Å². The van der Waals surface area contributed by atoms with E-state index in [9.17, 15) is 8.78 Å². The van der Waals surface area contributed by atoms with E-state index in [1.165, 1.54) is 6.07 Å². The molecule has 1 saturated heterocycles. The normalized spacial score (nSPS) is 17.0. The highest BCUT2D eigenvalue weighted by Crippen LogP contribution is 2.36. The summed E-state index contributed by atoms with van der Waals surface area (Å²) in [5.74, 6) is 3.18. The SMILES string of the molecule is C#Cc1ccc(-c2nnc(NC3CCCN(C)C3)cc2C(F)F)c(OCOCC)c1. The summed E-state index contributed by atoms with van der Waals surface area (Å²) in [6.07, 6.45) is 4.74. The Labute approximate surface area is 175 Å². The van der Waals surface area contributed by atoms with Crippen molar-refractivity contribution in [2.24, 2.45) is 0 Å². The number of nitrogens with zero attached hydrogens (tertiary/aromatic N) is 3. The van der Waals surface area contributed by atoms with Gasteiger partial charge in [-0.15, -0.1) is 16.6 Å². The highest BCUT2D eigenvalue weighted by molar-refractivity contribution is 5.72. The van der Waals surface area contributed by atoms with Gasteiger partial charge in [-0.3, -0.25) is 0 Å². The summed E-state index contributed by atoms with van der Waals surface area (Å²) in [6.45, 7) is 4.13. The van der Waals surface area contributed by atoms with Crippen LogP contribution in [0, 0.1) is 12.3 Å². The van der Waals surface area contributed by atoms with Gasteiger partial charge in [0.25, 0.3) is 6.43 Å². The summed E-state index contributed by atoms with van der Waals surface area (Å²) in [5.41, 5.74) is 0.801. The number of alkyl halides is 2. The molecule has 3 rings (SSSR count). The van der Waals surface area contributed by atoms with E-state index in [4.69, 9.17) is 15.9 Å². The Bertz CT molecular complexity index is 901. The number of piperidine rings is 1. The number of likely N-dealkylation sites (N-methyl/N-ethyl adjacent to an activating group) is 1. The van der Waals surface area contributed by atoms with Crippen LogP contribution in [0.5, 0.6) is 5.75 Å². The number of ether oxygens (including phenoxy) is 2. The fourth-order valence-electron chi connectivity index (χ4n) is 3.46. The number of aromatic nitrogens is 2. The Morgan fingerprint density at radius 2 is 2.17 bits per heavy atom. The molecule has 0 bridgehead atoms. The van der Waals surface area contributed by atoms with Crippen molar-refractivity contribution in [1.82, 2.24) is 15.1 Å². The number of nitrogens with one attached hydrogen (secondary N) is 1. The first kappa shape index (κ1) is 21.9. The van der Waals surface area contributed by atoms with Gasteiger partial charge in [0.15, 0.2) is 6.79 Å². The van der Waals surface area contributed by atoms with Crippen LogP contribution in [0.3, 0.4) is 0 Å². The molecule has 0 aliphatic carbocycles. The van der Waals surface area contributed by atoms with Gasteiger partial charge in [0.05, 0.1) is 0 Å². The van der Waals surface area contributed by atoms with E-state index in [0.29, 0.717) is 29.3 Å². The van der Waals surface area contributed by atoms with Crippen molar-refractivity contribution in [2.75, 3.05) is 38.9 Å². The van der Waals surface area contributed by atoms with Crippen LogP contribution in [0.15, 0.2) is 24.3 Å². The zero-order chi connectivity index (χ0) is 21.5. The zero-order valence-electron chi connectivity index (χ0n) is 17.2. The van der Waals surface area contributed by atoms with Crippen molar-refractivity contribution in [1.29, 1.82) is 0 Å². The zero-order valence-corrected chi connectivity index (χ0v) is 17.2. The quantitative estimate of drug-likeness (QED) is 0.400. The Hall–Kier alpha value is -2.76. The molecule has 2 heterocycles. The number of hydrogen-bond acceptors (Lipinski definition) is 6. The smallest absolute Gasteiger partial charge is 0.266 e. The molecule has 0 radical (unpaired) electrons. The second-order valence-corrected chi connectivity index (χ2v) is 7.19. The minimum absolute atomic E-state index is 0.0240. The molecular formula is C22H26F2N4O2. The van der Waals surface area contributed by atoms with Crippen LogP contribution < -0.4 is 10.1 Å². The molecule has 0 saturated carbocycles. The predicted molar refractivity (Wildman–Crippen MR) is 112 cm³/mol. The molecule has 2 aromatic rings. The molecular weight excluding hydrogens is 390 g/mol. The number of terminal acetylenes is 1. The summed E-state index contributed by atoms with van der Waals surface area (Å²) in [5, 5.41) is 11.5. The molecule has 0 amide bonds. The van der Waals surface area contributed by atoms with Crippen molar-refractivity contribution >= 4 is 5.82 Å². The minimum Gasteiger partial charge on any atom is -0.467 e. The molecule has 8 heteroatoms. The van der Waals surface area contributed by atoms with E-state index in [2.05, 4.69) is 26.3 Å². The Kier molecular flexibility index (Phi) is 7.55. The predicted octanol–water partition coefficient (Wildman–Crippen LogP) is 3.94. The third-order valence-corrected chi connectivity index (χ3v) is 4.94. The van der Waals surface area contributed by atoms with Gasteiger partial charge in [0.2, 0.25) is 0 Å². The van der Waals surface area contributed by atoms with E-state index in [-0.39, 0.29) is 24.1 Å². The van der Waals surface area contributed by atoms with Crippen molar-refractivity contribution < 1.29 is 18.3 Å². The largest absolute Gasteiger partial charge is 0.467 e. The van der Waals surface area contributed by atoms with Crippen LogP contribution in [-0.4, -0.2) is 54.7 Å². The lowest BCUT2D eigenvalue weighted by Crippen LogP contribution is -2.40. The first-order valence-corrected chi connectivity index (χ1v) is 9.94. The van der Waals surface area contributed by atoms with Gasteiger partial charge in [-0.1, -0.05) is 5.92 Å². The third kappa shape index (κ3) is 5.43. The average molecular weight is 416 g/mol. The van der Waals surface area contributed by atoms with E-state index in [1.807, 2.05) is 14.0 Å². The monoisotopic (exact) mass is 416 g/mol. The summed E-state index contributed by atoms with van der Waals surface area (Å²) in [4.78, 5) is 2.20. The van der Waals surface area contributed by atoms with E-state index < -0.39 is 6.43 Å². The molecule has 1 aliphatic rings. The molecule has 1 aromatic carbocycles. The molecule has 1 fully saturated rings. The van der Waals surface area contributed by atoms with Crippen LogP contribution in [0.1, 0.15) is 37.3 Å². The molecule has 1 unspecified atom stereocenters. The van der Waals surface area contributed by atoms with Crippen molar-refractivity contribution in [3.63, 3.8) is 0 Å². The minimum atomic E-state index is -2.72. The molecule has 1 aromatic heterocycles. The van der Waals surface area contributed by atoms with E-state index in [0.717, 1.165) is 25.9 Å². The molecule has 1 N–H and O–H groups in total. The van der Waals surface area contributed by atoms with Crippen molar-refractivity contribution in [3.8, 4) is 29.4 Å². The molecule has 160 valence electrons. The topological polar surface area (TPSA) is 59.5 Å². The fourth-order valence-corrected chi connectivity index (χ4v) is 3.46. The first-order chi connectivity index (χ1) is 14.5. The van der Waals surface area contributed by atoms with Crippen LogP contribution in [0.2, 0.25) is 0 Å². The number of anilines is 1. The van der Waals surface area contributed by atoms with E-state index in [1.54, 1.807) is 18.2 Å². The maximum atomic E-state index is 13.9. The standard InChI is InChI=1S/C22H26F2N4O2/c1-4-15-8-9-17(19(11-15)30-14-29-5-2)21-18(22(23)24)12-20(26-27-21)25-16-7-6-10-28(3)13-16/h1,8-9,11-12,16,22H,5-7,10,13-14H2,2-3H3,(H,25,26). The Morgan fingerprint density at radius 3 is 2.87 bits per heavy atom. The highest BCUT2D eigenvalue weighted by Gasteiger charge is 2.23. The van der Waals surface area contributed by atoms with Crippen molar-refractivity contribution in [3.05, 3.63) is 35.4 Å². The number of halogens is 2. The molecule has 1 atom stereocenters. The van der Waals surface area contributed by atoms with Crippen molar-refractivity contribution in [2.45, 2.75) is 32.2 Å². The summed E-state index contributed by atoms with van der Waals surface area (Å²) in [6, 6.07) is 6.40. The van der Waals surface area contributed by atoms with Gasteiger partial charge in [-0.05, 0) is 57.6 Å². The lowest BCUT2D eigenvalue weighted by Gasteiger charge is -2.30. The van der Waals surface area contributed by atoms with E-state index >= 15 is 0 Å². The van der Waals surface area contributed by atoms with Crippen LogP contribution in [0.25, 0.3) is 11.3 Å². The van der Waals surface area contributed by atoms with Gasteiger partial charge in [0, 0.05) is 35.9 Å². The third-order valence-electron chi connectivity index (χ3n) is 4.94. The number of hydrogen-bond donors (Lipinski definition) is 1. The second kappa shape index (κ2) is 10.3. The highest BCUT2D eigenvalue weighted by atomic mass is 19.3. The van der Waals surface area contributed by atoms with Gasteiger partial charge in [0.1, 0.15) is 17.3 Å². The maximum Gasteiger partial charge on any atom is 0.266 e. The lowest BCUT2D eigenvalue weighted by molar-refractivity contribution is 0.0227.